The van der Waals surface area contributed by atoms with Crippen LogP contribution >= 0.6 is 11.3 Å². The Hall–Kier alpha value is -6.49. The van der Waals surface area contributed by atoms with Crippen LogP contribution in [0.3, 0.4) is 0 Å². The maximum atomic E-state index is 5.36. The molecule has 51 heavy (non-hydrogen) atoms. The van der Waals surface area contributed by atoms with E-state index in [2.05, 4.69) is 170 Å². The van der Waals surface area contributed by atoms with Gasteiger partial charge in [-0.15, -0.1) is 11.3 Å². The highest BCUT2D eigenvalue weighted by Gasteiger charge is 2.20. The zero-order valence-corrected chi connectivity index (χ0v) is 28.3. The van der Waals surface area contributed by atoms with Gasteiger partial charge in [0.05, 0.1) is 22.6 Å². The Balaban J connectivity index is 1.25. The van der Waals surface area contributed by atoms with E-state index in [-0.39, 0.29) is 0 Å². The van der Waals surface area contributed by atoms with E-state index in [1.54, 1.807) is 0 Å². The lowest BCUT2D eigenvalue weighted by Gasteiger charge is -2.13. The molecule has 0 bridgehead atoms. The Kier molecular flexibility index (Phi) is 7.00. The second-order valence-corrected chi connectivity index (χ2v) is 13.8. The van der Waals surface area contributed by atoms with Crippen LogP contribution in [0.1, 0.15) is 0 Å². The molecule has 0 aliphatic carbocycles. The lowest BCUT2D eigenvalue weighted by atomic mass is 9.96. The minimum Gasteiger partial charge on any atom is -0.247 e. The second kappa shape index (κ2) is 12.1. The van der Waals surface area contributed by atoms with Crippen LogP contribution in [0, 0.1) is 0 Å². The van der Waals surface area contributed by atoms with Gasteiger partial charge in [0.2, 0.25) is 0 Å². The molecule has 3 aromatic heterocycles. The molecule has 0 fully saturated rings. The third kappa shape index (κ3) is 5.00. The van der Waals surface area contributed by atoms with E-state index >= 15 is 0 Å². The maximum Gasteiger partial charge on any atom is 0.161 e. The Bertz CT molecular complexity index is 2900. The molecule has 0 saturated carbocycles. The Labute approximate surface area is 299 Å². The highest BCUT2D eigenvalue weighted by atomic mass is 32.1. The van der Waals surface area contributed by atoms with Gasteiger partial charge in [-0.05, 0) is 29.3 Å². The summed E-state index contributed by atoms with van der Waals surface area (Å²) in [6.07, 6.45) is 0. The fraction of sp³-hybridized carbons (Fsp3) is 0. The van der Waals surface area contributed by atoms with Gasteiger partial charge in [0, 0.05) is 58.6 Å². The lowest BCUT2D eigenvalue weighted by molar-refractivity contribution is 1.19. The third-order valence-corrected chi connectivity index (χ3v) is 11.0. The number of aromatic nitrogens is 3. The van der Waals surface area contributed by atoms with Crippen molar-refractivity contribution in [2.45, 2.75) is 0 Å². The first kappa shape index (κ1) is 29.4. The SMILES string of the molecule is c1ccc(-c2cc(-c3ccccc3-c3ccccc3)nc(-c3cccc4c3sc3c4ccc4c(-c5ccccc5)nc5ccccc5c43)n2)cc1. The van der Waals surface area contributed by atoms with Crippen LogP contribution in [0.2, 0.25) is 0 Å². The molecule has 0 spiro atoms. The molecule has 0 aliphatic rings. The summed E-state index contributed by atoms with van der Waals surface area (Å²) in [6, 6.07) is 61.7. The van der Waals surface area contributed by atoms with Gasteiger partial charge in [-0.2, -0.15) is 0 Å². The van der Waals surface area contributed by atoms with Gasteiger partial charge in [0.15, 0.2) is 5.82 Å². The van der Waals surface area contributed by atoms with E-state index < -0.39 is 0 Å². The lowest BCUT2D eigenvalue weighted by Crippen LogP contribution is -1.97. The van der Waals surface area contributed by atoms with Crippen LogP contribution in [-0.4, -0.2) is 15.0 Å². The minimum atomic E-state index is 0.715. The van der Waals surface area contributed by atoms with Crippen molar-refractivity contribution in [2.24, 2.45) is 0 Å². The van der Waals surface area contributed by atoms with E-state index in [1.165, 1.54) is 25.6 Å². The number of fused-ring (bicyclic) bond motifs is 7. The fourth-order valence-corrected chi connectivity index (χ4v) is 8.69. The first-order chi connectivity index (χ1) is 25.3. The Morgan fingerprint density at radius 1 is 0.353 bits per heavy atom. The molecule has 238 valence electrons. The van der Waals surface area contributed by atoms with E-state index in [0.29, 0.717) is 5.82 Å². The van der Waals surface area contributed by atoms with E-state index in [0.717, 1.165) is 66.8 Å². The number of rotatable bonds is 5. The summed E-state index contributed by atoms with van der Waals surface area (Å²) < 4.78 is 2.43. The van der Waals surface area contributed by atoms with E-state index in [4.69, 9.17) is 15.0 Å². The number of thiophene rings is 1. The van der Waals surface area contributed by atoms with Crippen LogP contribution in [-0.2, 0) is 0 Å². The molecular weight excluding hydrogens is 639 g/mol. The van der Waals surface area contributed by atoms with Crippen molar-refractivity contribution in [3.63, 3.8) is 0 Å². The van der Waals surface area contributed by atoms with Crippen molar-refractivity contribution >= 4 is 53.2 Å². The number of para-hydroxylation sites is 1. The quantitative estimate of drug-likeness (QED) is 0.171. The highest BCUT2D eigenvalue weighted by molar-refractivity contribution is 7.27. The summed E-state index contributed by atoms with van der Waals surface area (Å²) in [7, 11) is 0. The first-order valence-electron chi connectivity index (χ1n) is 17.1. The molecule has 10 aromatic rings. The normalized spacial score (nSPS) is 11.5. The molecule has 0 aliphatic heterocycles. The van der Waals surface area contributed by atoms with Crippen LogP contribution in [0.4, 0.5) is 0 Å². The van der Waals surface area contributed by atoms with E-state index in [1.807, 2.05) is 17.4 Å². The third-order valence-electron chi connectivity index (χ3n) is 9.70. The zero-order valence-electron chi connectivity index (χ0n) is 27.5. The first-order valence-corrected chi connectivity index (χ1v) is 17.9. The standard InChI is InChI=1S/C47H29N3S/c1-4-15-30(16-5-1)33-21-10-11-22-34(33)42-29-41(31-17-6-2-7-18-31)49-47(50-42)39-25-14-24-35-36-27-28-38-43(46(36)51-45(35)39)37-23-12-13-26-40(37)48-44(38)32-19-8-3-9-20-32/h1-29H. The van der Waals surface area contributed by atoms with Crippen molar-refractivity contribution in [3.05, 3.63) is 176 Å². The van der Waals surface area contributed by atoms with Gasteiger partial charge in [0.1, 0.15) is 0 Å². The van der Waals surface area contributed by atoms with Crippen LogP contribution < -0.4 is 0 Å². The predicted molar refractivity (Wildman–Crippen MR) is 215 cm³/mol. The summed E-state index contributed by atoms with van der Waals surface area (Å²) in [6.45, 7) is 0. The van der Waals surface area contributed by atoms with Crippen molar-refractivity contribution < 1.29 is 0 Å². The van der Waals surface area contributed by atoms with Gasteiger partial charge in [-0.1, -0.05) is 158 Å². The van der Waals surface area contributed by atoms with Crippen molar-refractivity contribution in [3.8, 4) is 56.3 Å². The van der Waals surface area contributed by atoms with Gasteiger partial charge in [0.25, 0.3) is 0 Å². The molecule has 0 atom stereocenters. The number of hydrogen-bond donors (Lipinski definition) is 0. The summed E-state index contributed by atoms with van der Waals surface area (Å²) in [4.78, 5) is 15.8. The summed E-state index contributed by atoms with van der Waals surface area (Å²) >= 11 is 1.83. The van der Waals surface area contributed by atoms with Crippen LogP contribution in [0.5, 0.6) is 0 Å². The fourth-order valence-electron chi connectivity index (χ4n) is 7.32. The van der Waals surface area contributed by atoms with Crippen molar-refractivity contribution in [1.82, 2.24) is 15.0 Å². The molecule has 0 N–H and O–H groups in total. The molecular formula is C47H29N3S. The molecule has 0 saturated heterocycles. The molecule has 0 amide bonds. The number of nitrogens with zero attached hydrogens (tertiary/aromatic N) is 3. The molecule has 0 unspecified atom stereocenters. The number of pyridine rings is 1. The van der Waals surface area contributed by atoms with E-state index in [9.17, 15) is 0 Å². The van der Waals surface area contributed by atoms with Crippen LogP contribution in [0.25, 0.3) is 98.1 Å². The molecule has 10 rings (SSSR count). The van der Waals surface area contributed by atoms with Gasteiger partial charge >= 0.3 is 0 Å². The molecule has 4 heteroatoms. The largest absolute Gasteiger partial charge is 0.247 e. The van der Waals surface area contributed by atoms with Gasteiger partial charge in [-0.3, -0.25) is 0 Å². The average molecular weight is 668 g/mol. The van der Waals surface area contributed by atoms with Gasteiger partial charge < -0.3 is 0 Å². The average Bonchev–Trinajstić information content (AvgIpc) is 3.60. The smallest absolute Gasteiger partial charge is 0.161 e. The van der Waals surface area contributed by atoms with Crippen molar-refractivity contribution in [2.75, 3.05) is 0 Å². The Morgan fingerprint density at radius 2 is 0.922 bits per heavy atom. The minimum absolute atomic E-state index is 0.715. The number of benzene rings is 7. The summed E-state index contributed by atoms with van der Waals surface area (Å²) in [5.74, 6) is 0.715. The molecule has 0 radical (unpaired) electrons. The highest BCUT2D eigenvalue weighted by Crippen LogP contribution is 2.46. The maximum absolute atomic E-state index is 5.36. The van der Waals surface area contributed by atoms with Crippen LogP contribution in [0.15, 0.2) is 176 Å². The summed E-state index contributed by atoms with van der Waals surface area (Å²) in [5, 5.41) is 5.99. The molecule has 3 nitrogen and oxygen atoms in total. The topological polar surface area (TPSA) is 38.7 Å². The predicted octanol–water partition coefficient (Wildman–Crippen LogP) is 12.9. The van der Waals surface area contributed by atoms with Gasteiger partial charge in [-0.25, -0.2) is 15.0 Å². The second-order valence-electron chi connectivity index (χ2n) is 12.7. The summed E-state index contributed by atoms with van der Waals surface area (Å²) in [5.41, 5.74) is 10.4. The number of hydrogen-bond acceptors (Lipinski definition) is 4. The molecule has 3 heterocycles. The molecule has 7 aromatic carbocycles. The van der Waals surface area contributed by atoms with Crippen molar-refractivity contribution in [1.29, 1.82) is 0 Å². The monoisotopic (exact) mass is 667 g/mol. The zero-order chi connectivity index (χ0) is 33.7. The Morgan fingerprint density at radius 3 is 1.71 bits per heavy atom.